The van der Waals surface area contributed by atoms with Gasteiger partial charge in [0.15, 0.2) is 0 Å². The lowest BCUT2D eigenvalue weighted by atomic mass is 10.0. The zero-order valence-corrected chi connectivity index (χ0v) is 21.5. The van der Waals surface area contributed by atoms with Crippen LogP contribution in [0.5, 0.6) is 0 Å². The first kappa shape index (κ1) is 25.2. The summed E-state index contributed by atoms with van der Waals surface area (Å²) in [5, 5.41) is 13.0. The zero-order chi connectivity index (χ0) is 25.8. The largest absolute Gasteiger partial charge is 0.481 e. The summed E-state index contributed by atoms with van der Waals surface area (Å²) < 4.78 is 2.27. The Labute approximate surface area is 212 Å². The van der Waals surface area contributed by atoms with Crippen LogP contribution >= 0.6 is 0 Å². The normalized spacial score (nSPS) is 11.2. The van der Waals surface area contributed by atoms with Crippen molar-refractivity contribution in [1.29, 1.82) is 0 Å². The second kappa shape index (κ2) is 10.8. The second-order valence-corrected chi connectivity index (χ2v) is 9.82. The van der Waals surface area contributed by atoms with Crippen molar-refractivity contribution in [3.05, 3.63) is 106 Å². The number of aryl methyl sites for hydroxylation is 2. The quantitative estimate of drug-likeness (QED) is 0.291. The number of carboxylic acid groups (broad SMARTS) is 1. The number of hydrogen-bond donors (Lipinski definition) is 2. The molecular formula is C31H34N2O3. The van der Waals surface area contributed by atoms with Crippen molar-refractivity contribution in [3.63, 3.8) is 0 Å². The molecule has 1 aromatic heterocycles. The van der Waals surface area contributed by atoms with Crippen molar-refractivity contribution in [2.45, 2.75) is 59.5 Å². The molecule has 3 aromatic carbocycles. The average molecular weight is 483 g/mol. The number of rotatable bonds is 9. The van der Waals surface area contributed by atoms with Gasteiger partial charge in [0.25, 0.3) is 5.91 Å². The maximum atomic E-state index is 12.9. The first-order chi connectivity index (χ1) is 17.2. The predicted molar refractivity (Wildman–Crippen MR) is 145 cm³/mol. The third-order valence-corrected chi connectivity index (χ3v) is 6.96. The number of amides is 1. The minimum absolute atomic E-state index is 0.0754. The molecule has 0 aliphatic rings. The van der Waals surface area contributed by atoms with Crippen LogP contribution in [0, 0.1) is 13.8 Å². The van der Waals surface area contributed by atoms with Gasteiger partial charge in [-0.2, -0.15) is 0 Å². The van der Waals surface area contributed by atoms with Crippen molar-refractivity contribution in [2.75, 3.05) is 0 Å². The highest BCUT2D eigenvalue weighted by Gasteiger charge is 2.15. The molecule has 2 N–H and O–H groups in total. The molecular weight excluding hydrogens is 448 g/mol. The zero-order valence-electron chi connectivity index (χ0n) is 21.5. The number of carboxylic acids is 1. The molecule has 1 heterocycles. The molecule has 36 heavy (non-hydrogen) atoms. The third kappa shape index (κ3) is 5.68. The summed E-state index contributed by atoms with van der Waals surface area (Å²) in [7, 11) is 0. The smallest absolute Gasteiger partial charge is 0.303 e. The van der Waals surface area contributed by atoms with Crippen LogP contribution in [0.25, 0.3) is 10.9 Å². The van der Waals surface area contributed by atoms with E-state index in [2.05, 4.69) is 61.8 Å². The van der Waals surface area contributed by atoms with Gasteiger partial charge < -0.3 is 15.0 Å². The Morgan fingerprint density at radius 1 is 0.917 bits per heavy atom. The standard InChI is InChI=1S/C31H34N2O3/c1-20(2)26-7-5-6-25(16-26)18-32-31(36)27-13-14-29-28(17-27)21(3)22(4)33(29)19-24-10-8-23(9-11-24)12-15-30(34)35/h5-11,13-14,16-17,20H,12,15,18-19H2,1-4H3,(H,32,36)(H,34,35). The van der Waals surface area contributed by atoms with Crippen molar-refractivity contribution in [1.82, 2.24) is 9.88 Å². The minimum Gasteiger partial charge on any atom is -0.481 e. The molecule has 0 fully saturated rings. The van der Waals surface area contributed by atoms with Crippen LogP contribution in [-0.2, 0) is 24.3 Å². The Balaban J connectivity index is 1.50. The van der Waals surface area contributed by atoms with Gasteiger partial charge in [-0.15, -0.1) is 0 Å². The van der Waals surface area contributed by atoms with Crippen LogP contribution in [-0.4, -0.2) is 21.6 Å². The number of carbonyl (C=O) groups excluding carboxylic acids is 1. The lowest BCUT2D eigenvalue weighted by Crippen LogP contribution is -2.22. The van der Waals surface area contributed by atoms with Crippen LogP contribution in [0.2, 0.25) is 0 Å². The van der Waals surface area contributed by atoms with E-state index in [-0.39, 0.29) is 12.3 Å². The maximum absolute atomic E-state index is 12.9. The van der Waals surface area contributed by atoms with E-state index < -0.39 is 5.97 Å². The second-order valence-electron chi connectivity index (χ2n) is 9.82. The van der Waals surface area contributed by atoms with Crippen LogP contribution in [0.4, 0.5) is 0 Å². The summed E-state index contributed by atoms with van der Waals surface area (Å²) in [6.45, 7) is 9.76. The maximum Gasteiger partial charge on any atom is 0.303 e. The van der Waals surface area contributed by atoms with Gasteiger partial charge in [0.1, 0.15) is 0 Å². The van der Waals surface area contributed by atoms with Gasteiger partial charge in [0.05, 0.1) is 0 Å². The molecule has 0 atom stereocenters. The molecule has 0 aliphatic carbocycles. The summed E-state index contributed by atoms with van der Waals surface area (Å²) in [6.07, 6.45) is 0.675. The fraction of sp³-hybridized carbons (Fsp3) is 0.290. The summed E-state index contributed by atoms with van der Waals surface area (Å²) >= 11 is 0. The number of nitrogens with one attached hydrogen (secondary N) is 1. The molecule has 4 rings (SSSR count). The van der Waals surface area contributed by atoms with E-state index in [0.717, 1.165) is 27.6 Å². The molecule has 186 valence electrons. The summed E-state index contributed by atoms with van der Waals surface area (Å²) in [5.74, 6) is -0.404. The number of benzene rings is 3. The number of aliphatic carboxylic acids is 1. The SMILES string of the molecule is Cc1c(C)n(Cc2ccc(CCC(=O)O)cc2)c2ccc(C(=O)NCc3cccc(C(C)C)c3)cc12. The van der Waals surface area contributed by atoms with Gasteiger partial charge in [-0.25, -0.2) is 0 Å². The van der Waals surface area contributed by atoms with Crippen molar-refractivity contribution in [3.8, 4) is 0 Å². The van der Waals surface area contributed by atoms with Crippen LogP contribution < -0.4 is 5.32 Å². The molecule has 0 radical (unpaired) electrons. The van der Waals surface area contributed by atoms with Crippen molar-refractivity contribution >= 4 is 22.8 Å². The van der Waals surface area contributed by atoms with Gasteiger partial charge in [-0.1, -0.05) is 62.4 Å². The first-order valence-corrected chi connectivity index (χ1v) is 12.5. The Bertz CT molecular complexity index is 1400. The van der Waals surface area contributed by atoms with E-state index in [1.54, 1.807) is 0 Å². The average Bonchev–Trinajstić information content (AvgIpc) is 3.11. The number of hydrogen-bond acceptors (Lipinski definition) is 2. The Morgan fingerprint density at radius 2 is 1.64 bits per heavy atom. The Morgan fingerprint density at radius 3 is 2.33 bits per heavy atom. The number of carbonyl (C=O) groups is 2. The number of fused-ring (bicyclic) bond motifs is 1. The molecule has 0 unspecified atom stereocenters. The molecule has 0 aliphatic heterocycles. The Kier molecular flexibility index (Phi) is 7.58. The van der Waals surface area contributed by atoms with E-state index >= 15 is 0 Å². The first-order valence-electron chi connectivity index (χ1n) is 12.5. The van der Waals surface area contributed by atoms with E-state index in [0.29, 0.717) is 31.0 Å². The van der Waals surface area contributed by atoms with Crippen LogP contribution in [0.1, 0.15) is 70.1 Å². The molecule has 0 bridgehead atoms. The van der Waals surface area contributed by atoms with E-state index in [1.807, 2.05) is 42.5 Å². The summed E-state index contributed by atoms with van der Waals surface area (Å²) in [5.41, 5.74) is 8.64. The van der Waals surface area contributed by atoms with Gasteiger partial charge in [0, 0.05) is 41.7 Å². The molecule has 1 amide bonds. The van der Waals surface area contributed by atoms with Crippen molar-refractivity contribution < 1.29 is 14.7 Å². The molecule has 5 nitrogen and oxygen atoms in total. The Hall–Kier alpha value is -3.86. The molecule has 4 aromatic rings. The van der Waals surface area contributed by atoms with Crippen LogP contribution in [0.15, 0.2) is 66.7 Å². The fourth-order valence-corrected chi connectivity index (χ4v) is 4.59. The van der Waals surface area contributed by atoms with Crippen molar-refractivity contribution in [2.24, 2.45) is 0 Å². The predicted octanol–water partition coefficient (Wildman–Crippen LogP) is 6.38. The monoisotopic (exact) mass is 482 g/mol. The fourth-order valence-electron chi connectivity index (χ4n) is 4.59. The summed E-state index contributed by atoms with van der Waals surface area (Å²) in [4.78, 5) is 23.8. The highest BCUT2D eigenvalue weighted by atomic mass is 16.4. The lowest BCUT2D eigenvalue weighted by Gasteiger charge is -2.11. The molecule has 0 spiro atoms. The lowest BCUT2D eigenvalue weighted by molar-refractivity contribution is -0.136. The molecule has 5 heteroatoms. The third-order valence-electron chi connectivity index (χ3n) is 6.96. The van der Waals surface area contributed by atoms with Gasteiger partial charge in [-0.3, -0.25) is 9.59 Å². The highest BCUT2D eigenvalue weighted by molar-refractivity contribution is 5.99. The van der Waals surface area contributed by atoms with E-state index in [4.69, 9.17) is 5.11 Å². The topological polar surface area (TPSA) is 71.3 Å². The molecule has 0 saturated carbocycles. The van der Waals surface area contributed by atoms with Gasteiger partial charge >= 0.3 is 5.97 Å². The van der Waals surface area contributed by atoms with Crippen LogP contribution in [0.3, 0.4) is 0 Å². The summed E-state index contributed by atoms with van der Waals surface area (Å²) in [6, 6.07) is 22.4. The molecule has 0 saturated heterocycles. The van der Waals surface area contributed by atoms with Gasteiger partial charge in [-0.05, 0) is 72.2 Å². The van der Waals surface area contributed by atoms with Gasteiger partial charge in [0.2, 0.25) is 0 Å². The minimum atomic E-state index is -0.780. The number of aromatic nitrogens is 1. The highest BCUT2D eigenvalue weighted by Crippen LogP contribution is 2.27. The van der Waals surface area contributed by atoms with E-state index in [1.165, 1.54) is 16.8 Å². The van der Waals surface area contributed by atoms with E-state index in [9.17, 15) is 9.59 Å². The number of nitrogens with zero attached hydrogens (tertiary/aromatic N) is 1.